The first kappa shape index (κ1) is 20.6. The molecule has 0 aliphatic heterocycles. The van der Waals surface area contributed by atoms with E-state index in [9.17, 15) is 4.79 Å². The van der Waals surface area contributed by atoms with E-state index in [0.29, 0.717) is 12.1 Å². The molecule has 3 heteroatoms. The van der Waals surface area contributed by atoms with Crippen molar-refractivity contribution in [2.45, 2.75) is 51.4 Å². The number of benzene rings is 2. The maximum absolute atomic E-state index is 12.0. The summed E-state index contributed by atoms with van der Waals surface area (Å²) in [6.07, 6.45) is 10.2. The van der Waals surface area contributed by atoms with E-state index < -0.39 is 0 Å². The molecule has 0 aromatic heterocycles. The molecule has 3 nitrogen and oxygen atoms in total. The summed E-state index contributed by atoms with van der Waals surface area (Å²) in [5.41, 5.74) is 2.53. The molecule has 0 atom stereocenters. The molecule has 2 aromatic rings. The number of rotatable bonds is 12. The molecule has 0 N–H and O–H groups in total. The first-order chi connectivity index (χ1) is 13.3. The number of hydrogen-bond donors (Lipinski definition) is 0. The molecule has 0 aliphatic carbocycles. The Morgan fingerprint density at radius 1 is 0.815 bits per heavy atom. The number of allylic oxidation sites excluding steroid dienone is 1. The van der Waals surface area contributed by atoms with Crippen molar-refractivity contribution in [3.8, 4) is 0 Å². The van der Waals surface area contributed by atoms with Gasteiger partial charge in [-0.25, -0.2) is 4.79 Å². The monoisotopic (exact) mass is 363 g/mol. The SMILES string of the molecule is C=CCCCCCCCCC(=O)ON=C(c1ccccc1)c1ccccc1. The molecule has 27 heavy (non-hydrogen) atoms. The van der Waals surface area contributed by atoms with Crippen LogP contribution in [0.25, 0.3) is 0 Å². The standard InChI is InChI=1S/C24H29NO2/c1-2-3-4-5-6-7-8-15-20-23(26)27-25-24(21-16-11-9-12-17-21)22-18-13-10-14-19-22/h2,9-14,16-19H,1,3-8,15,20H2. The van der Waals surface area contributed by atoms with Crippen LogP contribution in [0.1, 0.15) is 62.5 Å². The lowest BCUT2D eigenvalue weighted by Crippen LogP contribution is -2.07. The summed E-state index contributed by atoms with van der Waals surface area (Å²) < 4.78 is 0. The Morgan fingerprint density at radius 2 is 1.33 bits per heavy atom. The van der Waals surface area contributed by atoms with E-state index in [2.05, 4.69) is 11.7 Å². The third-order valence-electron chi connectivity index (χ3n) is 4.37. The minimum absolute atomic E-state index is 0.272. The largest absolute Gasteiger partial charge is 0.335 e. The van der Waals surface area contributed by atoms with E-state index in [1.807, 2.05) is 66.7 Å². The lowest BCUT2D eigenvalue weighted by Gasteiger charge is -2.07. The molecule has 0 saturated heterocycles. The summed E-state index contributed by atoms with van der Waals surface area (Å²) in [7, 11) is 0. The van der Waals surface area contributed by atoms with E-state index in [1.165, 1.54) is 19.3 Å². The highest BCUT2D eigenvalue weighted by molar-refractivity contribution is 6.12. The Morgan fingerprint density at radius 3 is 1.89 bits per heavy atom. The second-order valence-electron chi connectivity index (χ2n) is 6.58. The lowest BCUT2D eigenvalue weighted by molar-refractivity contribution is -0.143. The molecule has 0 fully saturated rings. The van der Waals surface area contributed by atoms with Gasteiger partial charge >= 0.3 is 5.97 Å². The van der Waals surface area contributed by atoms with Gasteiger partial charge in [0, 0.05) is 17.5 Å². The first-order valence-electron chi connectivity index (χ1n) is 9.81. The molecular weight excluding hydrogens is 334 g/mol. The van der Waals surface area contributed by atoms with Crippen LogP contribution in [0.15, 0.2) is 78.5 Å². The van der Waals surface area contributed by atoms with Crippen LogP contribution in [0.4, 0.5) is 0 Å². The fraction of sp³-hybridized carbons (Fsp3) is 0.333. The minimum Gasteiger partial charge on any atom is -0.318 e. The molecule has 0 unspecified atom stereocenters. The van der Waals surface area contributed by atoms with Gasteiger partial charge in [0.25, 0.3) is 0 Å². The number of carbonyl (C=O) groups excluding carboxylic acids is 1. The molecule has 0 spiro atoms. The summed E-state index contributed by atoms with van der Waals surface area (Å²) in [6.45, 7) is 3.73. The third-order valence-corrected chi connectivity index (χ3v) is 4.37. The number of hydrogen-bond acceptors (Lipinski definition) is 3. The summed E-state index contributed by atoms with van der Waals surface area (Å²) in [4.78, 5) is 17.3. The summed E-state index contributed by atoms with van der Waals surface area (Å²) in [5, 5.41) is 4.17. The van der Waals surface area contributed by atoms with Gasteiger partial charge in [0.15, 0.2) is 0 Å². The van der Waals surface area contributed by atoms with Crippen molar-refractivity contribution < 1.29 is 9.63 Å². The van der Waals surface area contributed by atoms with Crippen molar-refractivity contribution in [3.05, 3.63) is 84.4 Å². The van der Waals surface area contributed by atoms with Gasteiger partial charge in [0.1, 0.15) is 5.71 Å². The van der Waals surface area contributed by atoms with Crippen LogP contribution >= 0.6 is 0 Å². The van der Waals surface area contributed by atoms with Crippen molar-refractivity contribution >= 4 is 11.7 Å². The summed E-state index contributed by atoms with van der Waals surface area (Å²) in [5.74, 6) is -0.272. The van der Waals surface area contributed by atoms with E-state index >= 15 is 0 Å². The van der Waals surface area contributed by atoms with Crippen molar-refractivity contribution in [2.24, 2.45) is 5.16 Å². The van der Waals surface area contributed by atoms with Crippen LogP contribution in [0.5, 0.6) is 0 Å². The number of oxime groups is 1. The van der Waals surface area contributed by atoms with Gasteiger partial charge < -0.3 is 4.84 Å². The molecule has 0 bridgehead atoms. The highest BCUT2D eigenvalue weighted by Crippen LogP contribution is 2.12. The van der Waals surface area contributed by atoms with Gasteiger partial charge in [-0.15, -0.1) is 6.58 Å². The van der Waals surface area contributed by atoms with Gasteiger partial charge in [-0.05, 0) is 19.3 Å². The predicted octanol–water partition coefficient (Wildman–Crippen LogP) is 6.29. The van der Waals surface area contributed by atoms with Crippen molar-refractivity contribution in [3.63, 3.8) is 0 Å². The maximum atomic E-state index is 12.0. The van der Waals surface area contributed by atoms with E-state index in [0.717, 1.165) is 36.8 Å². The third kappa shape index (κ3) is 8.04. The van der Waals surface area contributed by atoms with Crippen molar-refractivity contribution in [1.82, 2.24) is 0 Å². The smallest absolute Gasteiger partial charge is 0.318 e. The lowest BCUT2D eigenvalue weighted by atomic mass is 10.0. The van der Waals surface area contributed by atoms with Gasteiger partial charge in [-0.3, -0.25) is 0 Å². The number of unbranched alkanes of at least 4 members (excludes halogenated alkanes) is 6. The van der Waals surface area contributed by atoms with Crippen molar-refractivity contribution in [1.29, 1.82) is 0 Å². The molecule has 0 radical (unpaired) electrons. The number of nitrogens with zero attached hydrogens (tertiary/aromatic N) is 1. The second kappa shape index (κ2) is 12.6. The van der Waals surface area contributed by atoms with Crippen LogP contribution in [0.2, 0.25) is 0 Å². The van der Waals surface area contributed by atoms with E-state index in [1.54, 1.807) is 0 Å². The fourth-order valence-electron chi connectivity index (χ4n) is 2.87. The maximum Gasteiger partial charge on any atom is 0.335 e. The molecule has 142 valence electrons. The molecular formula is C24H29NO2. The van der Waals surface area contributed by atoms with Gasteiger partial charge in [0.2, 0.25) is 0 Å². The minimum atomic E-state index is -0.272. The molecule has 0 saturated carbocycles. The Kier molecular flexibility index (Phi) is 9.66. The van der Waals surface area contributed by atoms with Gasteiger partial charge in [0.05, 0.1) is 0 Å². The molecule has 2 aromatic carbocycles. The Balaban J connectivity index is 1.82. The Bertz CT molecular complexity index is 666. The van der Waals surface area contributed by atoms with E-state index in [-0.39, 0.29) is 5.97 Å². The Labute approximate surface area is 162 Å². The van der Waals surface area contributed by atoms with Crippen LogP contribution in [-0.4, -0.2) is 11.7 Å². The average molecular weight is 364 g/mol. The van der Waals surface area contributed by atoms with Crippen LogP contribution in [-0.2, 0) is 9.63 Å². The Hall–Kier alpha value is -2.68. The topological polar surface area (TPSA) is 38.7 Å². The summed E-state index contributed by atoms with van der Waals surface area (Å²) >= 11 is 0. The zero-order valence-electron chi connectivity index (χ0n) is 16.0. The van der Waals surface area contributed by atoms with Gasteiger partial charge in [-0.1, -0.05) is 97.6 Å². The number of carbonyl (C=O) groups is 1. The zero-order chi connectivity index (χ0) is 19.2. The van der Waals surface area contributed by atoms with Crippen molar-refractivity contribution in [2.75, 3.05) is 0 Å². The molecule has 2 rings (SSSR count). The summed E-state index contributed by atoms with van der Waals surface area (Å²) in [6, 6.07) is 19.6. The molecule has 0 amide bonds. The molecule has 0 heterocycles. The van der Waals surface area contributed by atoms with Crippen LogP contribution in [0, 0.1) is 0 Å². The highest BCUT2D eigenvalue weighted by Gasteiger charge is 2.09. The highest BCUT2D eigenvalue weighted by atomic mass is 16.7. The average Bonchev–Trinajstić information content (AvgIpc) is 2.72. The van der Waals surface area contributed by atoms with Gasteiger partial charge in [-0.2, -0.15) is 0 Å². The quantitative estimate of drug-likeness (QED) is 0.146. The normalized spacial score (nSPS) is 10.2. The van der Waals surface area contributed by atoms with Crippen LogP contribution < -0.4 is 0 Å². The predicted molar refractivity (Wildman–Crippen MR) is 112 cm³/mol. The van der Waals surface area contributed by atoms with Crippen LogP contribution in [0.3, 0.4) is 0 Å². The first-order valence-corrected chi connectivity index (χ1v) is 9.81. The second-order valence-corrected chi connectivity index (χ2v) is 6.58. The zero-order valence-corrected chi connectivity index (χ0v) is 16.0. The molecule has 0 aliphatic rings. The fourth-order valence-corrected chi connectivity index (χ4v) is 2.87. The van der Waals surface area contributed by atoms with E-state index in [4.69, 9.17) is 4.84 Å².